The van der Waals surface area contributed by atoms with E-state index in [1.807, 2.05) is 47.6 Å². The van der Waals surface area contributed by atoms with Gasteiger partial charge in [-0.25, -0.2) is 27.8 Å². The minimum absolute atomic E-state index is 0.239. The fourth-order valence-electron chi connectivity index (χ4n) is 2.58. The highest BCUT2D eigenvalue weighted by atomic mass is 32.2. The molecule has 2 N–H and O–H groups in total. The molecule has 31 heavy (non-hydrogen) atoms. The summed E-state index contributed by atoms with van der Waals surface area (Å²) in [7, 11) is -1.29. The van der Waals surface area contributed by atoms with Gasteiger partial charge in [0.1, 0.15) is 5.60 Å². The highest BCUT2D eigenvalue weighted by Gasteiger charge is 2.24. The first-order valence-electron chi connectivity index (χ1n) is 10.2. The second-order valence-corrected chi connectivity index (χ2v) is 11.2. The number of alkyl carbamates (subject to hydrolysis) is 1. The maximum absolute atomic E-state index is 13.2. The van der Waals surface area contributed by atoms with Crippen LogP contribution in [0.2, 0.25) is 0 Å². The number of nitrogens with zero attached hydrogens (tertiary/aromatic N) is 3. The van der Waals surface area contributed by atoms with Crippen LogP contribution >= 0.6 is 0 Å². The van der Waals surface area contributed by atoms with Crippen molar-refractivity contribution in [1.29, 1.82) is 0 Å². The first-order valence-corrected chi connectivity index (χ1v) is 11.3. The first kappa shape index (κ1) is 24.9. The van der Waals surface area contributed by atoms with Gasteiger partial charge in [0.25, 0.3) is 0 Å². The predicted octanol–water partition coefficient (Wildman–Crippen LogP) is 3.80. The van der Waals surface area contributed by atoms with Crippen LogP contribution in [0.25, 0.3) is 5.82 Å². The lowest BCUT2D eigenvalue weighted by atomic mass is 10.1. The summed E-state index contributed by atoms with van der Waals surface area (Å²) in [5.41, 5.74) is 0.286. The van der Waals surface area contributed by atoms with Crippen molar-refractivity contribution in [3.63, 3.8) is 0 Å². The summed E-state index contributed by atoms with van der Waals surface area (Å²) < 4.78 is 35.2. The molecule has 1 amide bonds. The number of ether oxygens (including phenoxy) is 1. The maximum Gasteiger partial charge on any atom is 0.407 e. The Bertz CT molecular complexity index is 888. The number of carbonyl (C=O) groups excluding carboxylic acids is 1. The molecular formula is C21H32FN5O3S. The van der Waals surface area contributed by atoms with Crippen molar-refractivity contribution in [3.05, 3.63) is 42.1 Å². The summed E-state index contributed by atoms with van der Waals surface area (Å²) >= 11 is 0. The van der Waals surface area contributed by atoms with Crippen molar-refractivity contribution in [2.24, 2.45) is 0 Å². The highest BCUT2D eigenvalue weighted by Crippen LogP contribution is 2.22. The van der Waals surface area contributed by atoms with E-state index in [0.717, 1.165) is 11.8 Å². The Morgan fingerprint density at radius 2 is 1.94 bits per heavy atom. The Morgan fingerprint density at radius 3 is 2.45 bits per heavy atom. The zero-order valence-electron chi connectivity index (χ0n) is 18.9. The van der Waals surface area contributed by atoms with Gasteiger partial charge in [-0.2, -0.15) is 5.10 Å². The third kappa shape index (κ3) is 8.37. The molecule has 2 heterocycles. The first-order chi connectivity index (χ1) is 14.3. The molecule has 10 heteroatoms. The molecule has 0 saturated carbocycles. The number of amides is 1. The fourth-order valence-corrected chi connectivity index (χ4v) is 3.44. The van der Waals surface area contributed by atoms with Gasteiger partial charge in [-0.1, -0.05) is 6.07 Å². The molecule has 0 aliphatic heterocycles. The molecule has 0 aliphatic carbocycles. The third-order valence-electron chi connectivity index (χ3n) is 4.10. The minimum atomic E-state index is -1.29. The SMILES string of the molecule is CC(C)(C)OC(=O)NCCC[C@H](N[S@](=O)C(C)(C)C)c1ccc(-n2cc(F)cn2)nc1. The van der Waals surface area contributed by atoms with Crippen LogP contribution in [-0.4, -0.2) is 42.0 Å². The third-order valence-corrected chi connectivity index (χ3v) is 5.71. The molecule has 2 atom stereocenters. The van der Waals surface area contributed by atoms with Gasteiger partial charge in [0.05, 0.1) is 28.1 Å². The molecule has 0 fully saturated rings. The summed E-state index contributed by atoms with van der Waals surface area (Å²) in [5.74, 6) is 0.0402. The van der Waals surface area contributed by atoms with E-state index in [4.69, 9.17) is 4.74 Å². The molecule has 2 aromatic rings. The molecule has 0 radical (unpaired) electrons. The summed E-state index contributed by atoms with van der Waals surface area (Å²) in [5, 5.41) is 6.64. The number of aromatic nitrogens is 3. The van der Waals surface area contributed by atoms with E-state index >= 15 is 0 Å². The van der Waals surface area contributed by atoms with Crippen LogP contribution in [0.4, 0.5) is 9.18 Å². The maximum atomic E-state index is 13.2. The Kier molecular flexibility index (Phi) is 8.30. The topological polar surface area (TPSA) is 98.1 Å². The Labute approximate surface area is 185 Å². The molecule has 0 bridgehead atoms. The fraction of sp³-hybridized carbons (Fsp3) is 0.571. The molecule has 0 spiro atoms. The quantitative estimate of drug-likeness (QED) is 0.593. The van der Waals surface area contributed by atoms with E-state index in [-0.39, 0.29) is 6.04 Å². The van der Waals surface area contributed by atoms with Crippen LogP contribution < -0.4 is 10.0 Å². The summed E-state index contributed by atoms with van der Waals surface area (Å²) in [6, 6.07) is 3.34. The van der Waals surface area contributed by atoms with Gasteiger partial charge >= 0.3 is 6.09 Å². The van der Waals surface area contributed by atoms with Gasteiger partial charge in [-0.15, -0.1) is 0 Å². The normalized spacial score (nSPS) is 14.2. The van der Waals surface area contributed by atoms with Crippen molar-refractivity contribution in [3.8, 4) is 5.82 Å². The van der Waals surface area contributed by atoms with Gasteiger partial charge in [0.2, 0.25) is 0 Å². The number of halogens is 1. The number of nitrogens with one attached hydrogen (secondary N) is 2. The molecule has 2 aromatic heterocycles. The lowest BCUT2D eigenvalue weighted by Crippen LogP contribution is -2.36. The molecule has 0 aromatic carbocycles. The Morgan fingerprint density at radius 1 is 1.23 bits per heavy atom. The number of hydrogen-bond donors (Lipinski definition) is 2. The molecular weight excluding hydrogens is 421 g/mol. The van der Waals surface area contributed by atoms with E-state index in [0.29, 0.717) is 25.2 Å². The van der Waals surface area contributed by atoms with Crippen LogP contribution in [0.5, 0.6) is 0 Å². The largest absolute Gasteiger partial charge is 0.444 e. The summed E-state index contributed by atoms with van der Waals surface area (Å²) in [6.45, 7) is 11.5. The van der Waals surface area contributed by atoms with Crippen molar-refractivity contribution < 1.29 is 18.1 Å². The number of hydrogen-bond acceptors (Lipinski definition) is 5. The molecule has 0 saturated heterocycles. The van der Waals surface area contributed by atoms with Crippen molar-refractivity contribution in [2.45, 2.75) is 70.8 Å². The van der Waals surface area contributed by atoms with E-state index < -0.39 is 33.2 Å². The van der Waals surface area contributed by atoms with Crippen LogP contribution in [-0.2, 0) is 15.7 Å². The van der Waals surface area contributed by atoms with Gasteiger partial charge in [0, 0.05) is 18.8 Å². The Hall–Kier alpha value is -2.33. The van der Waals surface area contributed by atoms with Crippen molar-refractivity contribution in [2.75, 3.05) is 6.54 Å². The zero-order chi connectivity index (χ0) is 23.2. The average Bonchev–Trinajstić information content (AvgIpc) is 3.08. The smallest absolute Gasteiger partial charge is 0.407 e. The zero-order valence-corrected chi connectivity index (χ0v) is 19.8. The average molecular weight is 454 g/mol. The van der Waals surface area contributed by atoms with Crippen LogP contribution in [0.1, 0.15) is 66.0 Å². The van der Waals surface area contributed by atoms with Crippen LogP contribution in [0.3, 0.4) is 0 Å². The molecule has 0 unspecified atom stereocenters. The van der Waals surface area contributed by atoms with Gasteiger partial charge in [-0.3, -0.25) is 0 Å². The van der Waals surface area contributed by atoms with Gasteiger partial charge in [0.15, 0.2) is 11.6 Å². The van der Waals surface area contributed by atoms with E-state index in [9.17, 15) is 13.4 Å². The number of pyridine rings is 1. The van der Waals surface area contributed by atoms with Crippen LogP contribution in [0.15, 0.2) is 30.7 Å². The molecule has 8 nitrogen and oxygen atoms in total. The summed E-state index contributed by atoms with van der Waals surface area (Å²) in [4.78, 5) is 16.2. The molecule has 0 aliphatic rings. The van der Waals surface area contributed by atoms with Crippen molar-refractivity contribution >= 4 is 17.1 Å². The van der Waals surface area contributed by atoms with Gasteiger partial charge in [-0.05, 0) is 66.0 Å². The van der Waals surface area contributed by atoms with E-state index in [1.54, 1.807) is 12.3 Å². The standard InChI is InChI=1S/C21H32FN5O3S/c1-20(2,3)30-19(28)23-11-7-8-17(26-31(29)21(4,5)6)15-9-10-18(24-12-15)27-14-16(22)13-25-27/h9-10,12-14,17,26H,7-8,11H2,1-6H3,(H,23,28)/t17-,31+/m0/s1. The number of carbonyl (C=O) groups is 1. The summed E-state index contributed by atoms with van der Waals surface area (Å²) in [6.07, 6.45) is 4.82. The number of rotatable bonds is 8. The molecule has 2 rings (SSSR count). The second kappa shape index (κ2) is 10.3. The molecule has 172 valence electrons. The highest BCUT2D eigenvalue weighted by molar-refractivity contribution is 7.84. The van der Waals surface area contributed by atoms with Gasteiger partial charge < -0.3 is 10.1 Å². The second-order valence-electron chi connectivity index (χ2n) is 9.18. The Balaban J connectivity index is 2.04. The lowest BCUT2D eigenvalue weighted by molar-refractivity contribution is 0.0526. The van der Waals surface area contributed by atoms with E-state index in [2.05, 4.69) is 20.1 Å². The minimum Gasteiger partial charge on any atom is -0.444 e. The monoisotopic (exact) mass is 453 g/mol. The van der Waals surface area contributed by atoms with Crippen molar-refractivity contribution in [1.82, 2.24) is 24.8 Å². The predicted molar refractivity (Wildman–Crippen MR) is 119 cm³/mol. The van der Waals surface area contributed by atoms with Crippen LogP contribution in [0, 0.1) is 5.82 Å². The van der Waals surface area contributed by atoms with E-state index in [1.165, 1.54) is 10.9 Å². The lowest BCUT2D eigenvalue weighted by Gasteiger charge is -2.25.